The van der Waals surface area contributed by atoms with Crippen molar-refractivity contribution in [3.8, 4) is 0 Å². The lowest BCUT2D eigenvalue weighted by Crippen LogP contribution is -2.44. The highest BCUT2D eigenvalue weighted by Crippen LogP contribution is 2.32. The fourth-order valence-corrected chi connectivity index (χ4v) is 3.45. The van der Waals surface area contributed by atoms with Crippen LogP contribution in [0.4, 0.5) is 13.2 Å². The Hall–Kier alpha value is -1.31. The third kappa shape index (κ3) is 3.53. The Labute approximate surface area is 143 Å². The highest BCUT2D eigenvalue weighted by Gasteiger charge is 2.36. The summed E-state index contributed by atoms with van der Waals surface area (Å²) in [6.07, 6.45) is -4.51. The summed E-state index contributed by atoms with van der Waals surface area (Å²) >= 11 is 6.00. The van der Waals surface area contributed by atoms with Crippen LogP contribution in [0.15, 0.2) is 18.2 Å². The Kier molecular flexibility index (Phi) is 4.77. The second-order valence-electron chi connectivity index (χ2n) is 6.40. The quantitative estimate of drug-likeness (QED) is 0.770. The zero-order chi connectivity index (χ0) is 17.5. The zero-order valence-electron chi connectivity index (χ0n) is 13.1. The first kappa shape index (κ1) is 17.5. The largest absolute Gasteiger partial charge is 0.416 e. The van der Waals surface area contributed by atoms with E-state index in [4.69, 9.17) is 16.3 Å². The second kappa shape index (κ2) is 6.54. The molecule has 4 nitrogen and oxygen atoms in total. The minimum Gasteiger partial charge on any atom is -0.379 e. The van der Waals surface area contributed by atoms with Gasteiger partial charge in [-0.1, -0.05) is 11.6 Å². The molecule has 0 aliphatic carbocycles. The Morgan fingerprint density at radius 2 is 2.00 bits per heavy atom. The van der Waals surface area contributed by atoms with Crippen LogP contribution in [0.1, 0.15) is 15.9 Å². The number of alkyl halides is 3. The van der Waals surface area contributed by atoms with E-state index in [1.165, 1.54) is 0 Å². The number of halogens is 4. The Balaban J connectivity index is 1.89. The van der Waals surface area contributed by atoms with Gasteiger partial charge in [-0.3, -0.25) is 9.69 Å². The van der Waals surface area contributed by atoms with E-state index in [-0.39, 0.29) is 22.5 Å². The maximum Gasteiger partial charge on any atom is 0.416 e. The van der Waals surface area contributed by atoms with Gasteiger partial charge in [0.25, 0.3) is 5.91 Å². The second-order valence-corrected chi connectivity index (χ2v) is 6.81. The molecule has 1 aromatic carbocycles. The Morgan fingerprint density at radius 3 is 2.71 bits per heavy atom. The molecule has 0 spiro atoms. The van der Waals surface area contributed by atoms with Gasteiger partial charge in [-0.05, 0) is 25.2 Å². The van der Waals surface area contributed by atoms with E-state index in [0.29, 0.717) is 26.3 Å². The van der Waals surface area contributed by atoms with Gasteiger partial charge in [0.05, 0.1) is 35.4 Å². The number of hydrogen-bond donors (Lipinski definition) is 0. The molecule has 2 saturated heterocycles. The maximum atomic E-state index is 12.9. The first-order valence-corrected chi connectivity index (χ1v) is 8.07. The van der Waals surface area contributed by atoms with Crippen molar-refractivity contribution >= 4 is 17.5 Å². The van der Waals surface area contributed by atoms with Crippen molar-refractivity contribution < 1.29 is 22.7 Å². The Bertz CT molecular complexity index is 638. The van der Waals surface area contributed by atoms with E-state index in [1.807, 2.05) is 7.05 Å². The number of amides is 1. The van der Waals surface area contributed by atoms with E-state index >= 15 is 0 Å². The monoisotopic (exact) mass is 362 g/mol. The number of ether oxygens (including phenoxy) is 1. The molecule has 1 amide bonds. The predicted molar refractivity (Wildman–Crippen MR) is 83.1 cm³/mol. The number of rotatable bonds is 1. The minimum absolute atomic E-state index is 0.0334. The van der Waals surface area contributed by atoms with Gasteiger partial charge in [-0.25, -0.2) is 0 Å². The number of hydrogen-bond acceptors (Lipinski definition) is 3. The van der Waals surface area contributed by atoms with E-state index in [0.717, 1.165) is 24.7 Å². The van der Waals surface area contributed by atoms with E-state index in [1.54, 1.807) is 4.90 Å². The van der Waals surface area contributed by atoms with Crippen LogP contribution in [0.5, 0.6) is 0 Å². The van der Waals surface area contributed by atoms with Crippen LogP contribution in [-0.4, -0.2) is 61.6 Å². The van der Waals surface area contributed by atoms with Crippen LogP contribution in [0.25, 0.3) is 0 Å². The first-order chi connectivity index (χ1) is 11.3. The number of benzene rings is 1. The van der Waals surface area contributed by atoms with E-state index in [2.05, 4.69) is 4.90 Å². The van der Waals surface area contributed by atoms with Crippen molar-refractivity contribution in [1.82, 2.24) is 9.80 Å². The minimum atomic E-state index is -4.51. The van der Waals surface area contributed by atoms with Crippen LogP contribution in [0.2, 0.25) is 5.02 Å². The lowest BCUT2D eigenvalue weighted by atomic mass is 10.1. The van der Waals surface area contributed by atoms with Crippen molar-refractivity contribution in [3.63, 3.8) is 0 Å². The fourth-order valence-electron chi connectivity index (χ4n) is 3.25. The molecule has 0 radical (unpaired) electrons. The summed E-state index contributed by atoms with van der Waals surface area (Å²) < 4.78 is 44.4. The van der Waals surface area contributed by atoms with Crippen LogP contribution in [0.3, 0.4) is 0 Å². The van der Waals surface area contributed by atoms with Gasteiger partial charge < -0.3 is 9.64 Å². The number of nitrogens with zero attached hydrogens (tertiary/aromatic N) is 2. The molecule has 0 saturated carbocycles. The van der Waals surface area contributed by atoms with E-state index in [9.17, 15) is 18.0 Å². The van der Waals surface area contributed by atoms with Gasteiger partial charge in [-0.15, -0.1) is 0 Å². The highest BCUT2D eigenvalue weighted by molar-refractivity contribution is 6.33. The third-order valence-corrected chi connectivity index (χ3v) is 4.88. The van der Waals surface area contributed by atoms with Crippen molar-refractivity contribution in [2.75, 3.05) is 39.9 Å². The molecule has 2 bridgehead atoms. The summed E-state index contributed by atoms with van der Waals surface area (Å²) in [4.78, 5) is 16.5. The molecule has 132 valence electrons. The summed E-state index contributed by atoms with van der Waals surface area (Å²) in [6, 6.07) is 2.89. The molecule has 2 atom stereocenters. The van der Waals surface area contributed by atoms with Crippen molar-refractivity contribution in [1.29, 1.82) is 0 Å². The fraction of sp³-hybridized carbons (Fsp3) is 0.562. The van der Waals surface area contributed by atoms with Crippen LogP contribution in [0, 0.1) is 5.92 Å². The molecule has 2 aliphatic heterocycles. The van der Waals surface area contributed by atoms with Crippen molar-refractivity contribution in [2.24, 2.45) is 5.92 Å². The molecule has 2 heterocycles. The smallest absolute Gasteiger partial charge is 0.379 e. The molecule has 2 aliphatic rings. The molecule has 0 N–H and O–H groups in total. The average Bonchev–Trinajstić information content (AvgIpc) is 2.74. The standard InChI is InChI=1S/C16H18ClF3N2O2/c1-21-5-10-6-22(7-12(21)9-24-8-10)15(23)13-4-11(16(18,19)20)2-3-14(13)17/h2-4,10,12H,5-9H2,1H3/t10-,12+/m1/s1. The van der Waals surface area contributed by atoms with Crippen LogP contribution < -0.4 is 0 Å². The molecule has 0 aromatic heterocycles. The van der Waals surface area contributed by atoms with Gasteiger partial charge in [-0.2, -0.15) is 13.2 Å². The van der Waals surface area contributed by atoms with Crippen LogP contribution >= 0.6 is 11.6 Å². The summed E-state index contributed by atoms with van der Waals surface area (Å²) in [7, 11) is 1.97. The molecule has 3 rings (SSSR count). The average molecular weight is 363 g/mol. The SMILES string of the molecule is CN1C[C@H]2COC[C@@H]1CN(C(=O)c1cc(C(F)(F)F)ccc1Cl)C2. The van der Waals surface area contributed by atoms with Gasteiger partial charge in [0, 0.05) is 25.6 Å². The van der Waals surface area contributed by atoms with E-state index < -0.39 is 17.6 Å². The maximum absolute atomic E-state index is 12.9. The number of likely N-dealkylation sites (N-methyl/N-ethyl adjacent to an activating group) is 1. The topological polar surface area (TPSA) is 32.8 Å². The summed E-state index contributed by atoms with van der Waals surface area (Å²) in [5, 5.41) is 0.0343. The highest BCUT2D eigenvalue weighted by atomic mass is 35.5. The predicted octanol–water partition coefficient (Wildman–Crippen LogP) is 2.76. The van der Waals surface area contributed by atoms with Gasteiger partial charge in [0.15, 0.2) is 0 Å². The third-order valence-electron chi connectivity index (χ3n) is 4.55. The van der Waals surface area contributed by atoms with Gasteiger partial charge in [0.1, 0.15) is 0 Å². The summed E-state index contributed by atoms with van der Waals surface area (Å²) in [5.41, 5.74) is -0.972. The molecule has 1 aromatic rings. The Morgan fingerprint density at radius 1 is 1.25 bits per heavy atom. The lowest BCUT2D eigenvalue weighted by Gasteiger charge is -2.30. The lowest BCUT2D eigenvalue weighted by molar-refractivity contribution is -0.137. The van der Waals surface area contributed by atoms with Crippen molar-refractivity contribution in [3.05, 3.63) is 34.3 Å². The van der Waals surface area contributed by atoms with Gasteiger partial charge >= 0.3 is 6.18 Å². The summed E-state index contributed by atoms with van der Waals surface area (Å²) in [5.74, 6) is -0.325. The van der Waals surface area contributed by atoms with Crippen molar-refractivity contribution in [2.45, 2.75) is 12.2 Å². The molecule has 24 heavy (non-hydrogen) atoms. The normalized spacial score (nSPS) is 25.5. The summed E-state index contributed by atoms with van der Waals surface area (Å²) in [6.45, 7) is 2.71. The van der Waals surface area contributed by atoms with Crippen LogP contribution in [-0.2, 0) is 10.9 Å². The zero-order valence-corrected chi connectivity index (χ0v) is 13.9. The number of carbonyl (C=O) groups is 1. The molecular weight excluding hydrogens is 345 g/mol. The number of fused-ring (bicyclic) bond motifs is 3. The molecule has 2 fully saturated rings. The first-order valence-electron chi connectivity index (χ1n) is 7.69. The molecule has 0 unspecified atom stereocenters. The number of carbonyl (C=O) groups excluding carboxylic acids is 1. The molecular formula is C16H18ClF3N2O2. The van der Waals surface area contributed by atoms with Gasteiger partial charge in [0.2, 0.25) is 0 Å². The molecule has 8 heteroatoms.